The van der Waals surface area contributed by atoms with Crippen LogP contribution in [0, 0.1) is 11.3 Å². The van der Waals surface area contributed by atoms with E-state index in [0.717, 1.165) is 5.39 Å². The van der Waals surface area contributed by atoms with Crippen molar-refractivity contribution >= 4 is 34.5 Å². The molecule has 8 heteroatoms. The molecule has 0 saturated heterocycles. The summed E-state index contributed by atoms with van der Waals surface area (Å²) in [7, 11) is 3.03. The summed E-state index contributed by atoms with van der Waals surface area (Å²) < 4.78 is 11.0. The Kier molecular flexibility index (Phi) is 4.41. The first kappa shape index (κ1) is 18.1. The molecule has 0 spiro atoms. The number of nitrogens with zero attached hydrogens (tertiary/aromatic N) is 1. The number of fused-ring (bicyclic) bond motifs is 2. The molecular formula is C21H16N4O4. The highest BCUT2D eigenvalue weighted by atomic mass is 16.5. The summed E-state index contributed by atoms with van der Waals surface area (Å²) >= 11 is 0. The second-order valence-electron chi connectivity index (χ2n) is 6.31. The van der Waals surface area contributed by atoms with Gasteiger partial charge in [-0.2, -0.15) is 5.26 Å². The molecule has 0 fully saturated rings. The number of nitriles is 1. The summed E-state index contributed by atoms with van der Waals surface area (Å²) in [5, 5.41) is 15.2. The number of allylic oxidation sites excluding steroid dienone is 1. The van der Waals surface area contributed by atoms with Crippen molar-refractivity contribution in [3.63, 3.8) is 0 Å². The number of ether oxygens (including phenoxy) is 2. The predicted octanol–water partition coefficient (Wildman–Crippen LogP) is 3.42. The number of rotatable bonds is 3. The van der Waals surface area contributed by atoms with E-state index in [1.807, 2.05) is 0 Å². The standard InChI is InChI=1S/C21H16N4O4/c1-23-21(27)25-13-3-4-17-16(7-13)20(26)18(29-17)6-12-10-24-19-11(9-22)5-14(28-2)8-15(12)19/h3-8,10,24H,1-2H3,(H2,23,25,27)/b18-6-. The lowest BCUT2D eigenvalue weighted by molar-refractivity contribution is 0.101. The number of nitrogens with one attached hydrogen (secondary N) is 3. The van der Waals surface area contributed by atoms with Crippen LogP contribution >= 0.6 is 0 Å². The predicted molar refractivity (Wildman–Crippen MR) is 107 cm³/mol. The number of aromatic amines is 1. The fourth-order valence-electron chi connectivity index (χ4n) is 3.15. The minimum Gasteiger partial charge on any atom is -0.497 e. The number of hydrogen-bond donors (Lipinski definition) is 3. The van der Waals surface area contributed by atoms with Crippen molar-refractivity contribution in [2.24, 2.45) is 0 Å². The maximum absolute atomic E-state index is 12.8. The van der Waals surface area contributed by atoms with Crippen LogP contribution < -0.4 is 20.1 Å². The van der Waals surface area contributed by atoms with E-state index in [-0.39, 0.29) is 17.6 Å². The van der Waals surface area contributed by atoms with Crippen LogP contribution in [-0.4, -0.2) is 31.0 Å². The molecule has 2 heterocycles. The maximum Gasteiger partial charge on any atom is 0.318 e. The van der Waals surface area contributed by atoms with Gasteiger partial charge in [-0.25, -0.2) is 4.79 Å². The fourth-order valence-corrected chi connectivity index (χ4v) is 3.15. The number of carbonyl (C=O) groups is 2. The quantitative estimate of drug-likeness (QED) is 0.595. The molecule has 3 N–H and O–H groups in total. The number of benzene rings is 2. The number of H-pyrrole nitrogens is 1. The molecule has 2 aromatic carbocycles. The smallest absolute Gasteiger partial charge is 0.318 e. The van der Waals surface area contributed by atoms with Gasteiger partial charge in [0.2, 0.25) is 5.78 Å². The lowest BCUT2D eigenvalue weighted by Crippen LogP contribution is -2.24. The van der Waals surface area contributed by atoms with Gasteiger partial charge in [0.1, 0.15) is 17.6 Å². The molecule has 0 aliphatic carbocycles. The van der Waals surface area contributed by atoms with Crippen molar-refractivity contribution in [1.29, 1.82) is 5.26 Å². The number of ketones is 1. The van der Waals surface area contributed by atoms with E-state index in [1.165, 1.54) is 14.2 Å². The first-order valence-electron chi connectivity index (χ1n) is 8.70. The number of amides is 2. The number of aromatic nitrogens is 1. The van der Waals surface area contributed by atoms with Crippen molar-refractivity contribution in [3.8, 4) is 17.6 Å². The molecule has 0 radical (unpaired) electrons. The van der Waals surface area contributed by atoms with Gasteiger partial charge in [-0.1, -0.05) is 0 Å². The van der Waals surface area contributed by atoms with Gasteiger partial charge in [-0.15, -0.1) is 0 Å². The lowest BCUT2D eigenvalue weighted by Gasteiger charge is -2.04. The highest BCUT2D eigenvalue weighted by Gasteiger charge is 2.28. The Labute approximate surface area is 165 Å². The van der Waals surface area contributed by atoms with Crippen LogP contribution in [0.2, 0.25) is 0 Å². The van der Waals surface area contributed by atoms with Crippen LogP contribution in [0.15, 0.2) is 42.3 Å². The lowest BCUT2D eigenvalue weighted by atomic mass is 10.1. The van der Waals surface area contributed by atoms with E-state index in [1.54, 1.807) is 42.6 Å². The molecule has 1 aromatic heterocycles. The Morgan fingerprint density at radius 2 is 2.14 bits per heavy atom. The Balaban J connectivity index is 1.72. The first-order valence-corrected chi connectivity index (χ1v) is 8.70. The highest BCUT2D eigenvalue weighted by Crippen LogP contribution is 2.35. The molecule has 0 saturated carbocycles. The van der Waals surface area contributed by atoms with Gasteiger partial charge in [0.05, 0.1) is 23.8 Å². The zero-order chi connectivity index (χ0) is 20.5. The molecule has 1 aliphatic heterocycles. The highest BCUT2D eigenvalue weighted by molar-refractivity contribution is 6.15. The van der Waals surface area contributed by atoms with Gasteiger partial charge in [0.25, 0.3) is 0 Å². The van der Waals surface area contributed by atoms with Crippen LogP contribution in [0.3, 0.4) is 0 Å². The second-order valence-corrected chi connectivity index (χ2v) is 6.31. The third-order valence-corrected chi connectivity index (χ3v) is 4.59. The number of urea groups is 1. The van der Waals surface area contributed by atoms with E-state index in [4.69, 9.17) is 9.47 Å². The summed E-state index contributed by atoms with van der Waals surface area (Å²) in [4.78, 5) is 27.3. The van der Waals surface area contributed by atoms with Crippen molar-refractivity contribution in [3.05, 3.63) is 59.0 Å². The van der Waals surface area contributed by atoms with Crippen LogP contribution in [-0.2, 0) is 0 Å². The van der Waals surface area contributed by atoms with E-state index >= 15 is 0 Å². The molecule has 0 atom stereocenters. The van der Waals surface area contributed by atoms with Gasteiger partial charge >= 0.3 is 6.03 Å². The van der Waals surface area contributed by atoms with Crippen LogP contribution in [0.1, 0.15) is 21.5 Å². The fraction of sp³-hybridized carbons (Fsp3) is 0.0952. The van der Waals surface area contributed by atoms with Crippen molar-refractivity contribution < 1.29 is 19.1 Å². The van der Waals surface area contributed by atoms with Crippen molar-refractivity contribution in [2.45, 2.75) is 0 Å². The Morgan fingerprint density at radius 3 is 2.86 bits per heavy atom. The summed E-state index contributed by atoms with van der Waals surface area (Å²) in [5.74, 6) is 0.816. The Morgan fingerprint density at radius 1 is 1.31 bits per heavy atom. The SMILES string of the molecule is CNC(=O)Nc1ccc2c(c1)C(=O)/C(=C/c1c[nH]c3c(C#N)cc(OC)cc13)O2. The Bertz CT molecular complexity index is 1230. The monoisotopic (exact) mass is 388 g/mol. The molecule has 144 valence electrons. The van der Waals surface area contributed by atoms with E-state index in [2.05, 4.69) is 21.7 Å². The Hall–Kier alpha value is -4.25. The number of carbonyl (C=O) groups excluding carboxylic acids is 2. The molecular weight excluding hydrogens is 372 g/mol. The summed E-state index contributed by atoms with van der Waals surface area (Å²) in [6, 6.07) is 10.0. The molecule has 0 bridgehead atoms. The maximum atomic E-state index is 12.8. The van der Waals surface area contributed by atoms with Crippen molar-refractivity contribution in [2.75, 3.05) is 19.5 Å². The molecule has 1 aliphatic rings. The van der Waals surface area contributed by atoms with Gasteiger partial charge in [0, 0.05) is 35.9 Å². The number of Topliss-reactive ketones (excluding diaryl/α,β-unsaturated/α-hetero) is 1. The topological polar surface area (TPSA) is 116 Å². The zero-order valence-electron chi connectivity index (χ0n) is 15.6. The first-order chi connectivity index (χ1) is 14.0. The van der Waals surface area contributed by atoms with Gasteiger partial charge in [-0.3, -0.25) is 4.79 Å². The van der Waals surface area contributed by atoms with Crippen LogP contribution in [0.25, 0.3) is 17.0 Å². The molecule has 29 heavy (non-hydrogen) atoms. The minimum atomic E-state index is -0.381. The average Bonchev–Trinajstić information content (AvgIpc) is 3.28. The number of methoxy groups -OCH3 is 1. The molecule has 3 aromatic rings. The van der Waals surface area contributed by atoms with Gasteiger partial charge in [-0.05, 0) is 30.3 Å². The summed E-state index contributed by atoms with van der Waals surface area (Å²) in [6.45, 7) is 0. The van der Waals surface area contributed by atoms with Crippen LogP contribution in [0.4, 0.5) is 10.5 Å². The third kappa shape index (κ3) is 3.15. The molecule has 2 amide bonds. The summed E-state index contributed by atoms with van der Waals surface area (Å²) in [5.41, 5.74) is 2.63. The largest absolute Gasteiger partial charge is 0.497 e. The minimum absolute atomic E-state index is 0.152. The third-order valence-electron chi connectivity index (χ3n) is 4.59. The molecule has 4 rings (SSSR count). The number of anilines is 1. The number of hydrogen-bond acceptors (Lipinski definition) is 5. The van der Waals surface area contributed by atoms with E-state index in [9.17, 15) is 14.9 Å². The van der Waals surface area contributed by atoms with Crippen LogP contribution in [0.5, 0.6) is 11.5 Å². The second kappa shape index (κ2) is 7.05. The summed E-state index contributed by atoms with van der Waals surface area (Å²) in [6.07, 6.45) is 3.32. The average molecular weight is 388 g/mol. The normalized spacial score (nSPS) is 13.7. The van der Waals surface area contributed by atoms with E-state index < -0.39 is 0 Å². The molecule has 8 nitrogen and oxygen atoms in total. The van der Waals surface area contributed by atoms with Gasteiger partial charge < -0.3 is 25.1 Å². The van der Waals surface area contributed by atoms with Gasteiger partial charge in [0.15, 0.2) is 5.76 Å². The van der Waals surface area contributed by atoms with E-state index in [0.29, 0.717) is 39.4 Å². The molecule has 0 unspecified atom stereocenters. The van der Waals surface area contributed by atoms with Crippen molar-refractivity contribution in [1.82, 2.24) is 10.3 Å². The zero-order valence-corrected chi connectivity index (χ0v) is 15.6.